The van der Waals surface area contributed by atoms with Gasteiger partial charge in [-0.3, -0.25) is 14.6 Å². The number of fused-ring (bicyclic) bond motifs is 1. The van der Waals surface area contributed by atoms with E-state index in [0.29, 0.717) is 25.4 Å². The minimum atomic E-state index is 0.0672. The third kappa shape index (κ3) is 4.11. The number of pyridine rings is 1. The molecule has 2 aliphatic rings. The van der Waals surface area contributed by atoms with Crippen LogP contribution in [0.25, 0.3) is 6.08 Å². The molecule has 4 heterocycles. The molecular weight excluding hydrogens is 358 g/mol. The zero-order valence-electron chi connectivity index (χ0n) is 15.2. The predicted octanol–water partition coefficient (Wildman–Crippen LogP) is 3.20. The van der Waals surface area contributed by atoms with Crippen molar-refractivity contribution in [3.05, 3.63) is 58.6 Å². The summed E-state index contributed by atoms with van der Waals surface area (Å²) in [6.07, 6.45) is 9.41. The summed E-state index contributed by atoms with van der Waals surface area (Å²) in [5, 5.41) is 2.01. The summed E-state index contributed by atoms with van der Waals surface area (Å²) in [5.74, 6) is 0.641. The lowest BCUT2D eigenvalue weighted by atomic mass is 9.83. The van der Waals surface area contributed by atoms with Crippen molar-refractivity contribution in [1.82, 2.24) is 14.8 Å². The van der Waals surface area contributed by atoms with E-state index in [1.165, 1.54) is 0 Å². The first-order valence-corrected chi connectivity index (χ1v) is 10.3. The number of thiophene rings is 1. The topological polar surface area (TPSA) is 53.5 Å². The van der Waals surface area contributed by atoms with Gasteiger partial charge in [-0.1, -0.05) is 12.1 Å². The van der Waals surface area contributed by atoms with Crippen LogP contribution in [0.3, 0.4) is 0 Å². The maximum Gasteiger partial charge on any atom is 0.246 e. The third-order valence-corrected chi connectivity index (χ3v) is 6.30. The van der Waals surface area contributed by atoms with Crippen LogP contribution in [0.4, 0.5) is 0 Å². The molecule has 2 atom stereocenters. The molecule has 0 spiro atoms. The fourth-order valence-electron chi connectivity index (χ4n) is 4.09. The molecule has 2 fully saturated rings. The van der Waals surface area contributed by atoms with Gasteiger partial charge in [0.2, 0.25) is 11.8 Å². The number of likely N-dealkylation sites (tertiary alicyclic amines) is 2. The molecule has 140 valence electrons. The van der Waals surface area contributed by atoms with Gasteiger partial charge in [0.25, 0.3) is 0 Å². The molecule has 0 saturated carbocycles. The van der Waals surface area contributed by atoms with Gasteiger partial charge in [-0.05, 0) is 47.9 Å². The van der Waals surface area contributed by atoms with E-state index in [1.54, 1.807) is 23.6 Å². The Hall–Kier alpha value is -2.47. The van der Waals surface area contributed by atoms with Gasteiger partial charge in [-0.25, -0.2) is 0 Å². The highest BCUT2D eigenvalue weighted by molar-refractivity contribution is 7.10. The first-order valence-electron chi connectivity index (χ1n) is 9.39. The molecule has 0 unspecified atom stereocenters. The fourth-order valence-corrected chi connectivity index (χ4v) is 4.71. The zero-order valence-corrected chi connectivity index (χ0v) is 16.0. The van der Waals surface area contributed by atoms with Crippen molar-refractivity contribution < 1.29 is 9.59 Å². The molecule has 6 heteroatoms. The summed E-state index contributed by atoms with van der Waals surface area (Å²) in [4.78, 5) is 34.3. The minimum Gasteiger partial charge on any atom is -0.339 e. The fraction of sp³-hybridized carbons (Fsp3) is 0.381. The van der Waals surface area contributed by atoms with Gasteiger partial charge in [0.05, 0.1) is 0 Å². The van der Waals surface area contributed by atoms with Crippen LogP contribution < -0.4 is 0 Å². The van der Waals surface area contributed by atoms with E-state index in [4.69, 9.17) is 0 Å². The van der Waals surface area contributed by atoms with Gasteiger partial charge in [0.1, 0.15) is 0 Å². The van der Waals surface area contributed by atoms with Crippen molar-refractivity contribution in [1.29, 1.82) is 0 Å². The lowest BCUT2D eigenvalue weighted by Gasteiger charge is -2.47. The number of carbonyl (C=O) groups excluding carboxylic acids is 2. The SMILES string of the molecule is O=C(/C=C/c1cccs1)N1CC[C@H]2[C@H](CCC(=O)N2Cc2cccnc2)C1. The largest absolute Gasteiger partial charge is 0.339 e. The molecular formula is C21H23N3O2S. The van der Waals surface area contributed by atoms with Gasteiger partial charge in [-0.15, -0.1) is 11.3 Å². The average Bonchev–Trinajstić information content (AvgIpc) is 3.22. The molecule has 2 aliphatic heterocycles. The number of carbonyl (C=O) groups is 2. The molecule has 5 nitrogen and oxygen atoms in total. The summed E-state index contributed by atoms with van der Waals surface area (Å²) in [6.45, 7) is 2.04. The van der Waals surface area contributed by atoms with Crippen molar-refractivity contribution in [2.75, 3.05) is 13.1 Å². The monoisotopic (exact) mass is 381 g/mol. The molecule has 2 amide bonds. The first kappa shape index (κ1) is 17.9. The highest BCUT2D eigenvalue weighted by atomic mass is 32.1. The normalized spacial score (nSPS) is 22.9. The van der Waals surface area contributed by atoms with E-state index in [1.807, 2.05) is 51.7 Å². The molecule has 0 radical (unpaired) electrons. The summed E-state index contributed by atoms with van der Waals surface area (Å²) in [7, 11) is 0. The molecule has 2 saturated heterocycles. The average molecular weight is 382 g/mol. The van der Waals surface area contributed by atoms with Gasteiger partial charge in [0.15, 0.2) is 0 Å². The predicted molar refractivity (Wildman–Crippen MR) is 106 cm³/mol. The summed E-state index contributed by atoms with van der Waals surface area (Å²) < 4.78 is 0. The summed E-state index contributed by atoms with van der Waals surface area (Å²) >= 11 is 1.62. The quantitative estimate of drug-likeness (QED) is 0.765. The van der Waals surface area contributed by atoms with Crippen molar-refractivity contribution in [3.63, 3.8) is 0 Å². The zero-order chi connectivity index (χ0) is 18.6. The molecule has 0 aromatic carbocycles. The summed E-state index contributed by atoms with van der Waals surface area (Å²) in [5.41, 5.74) is 1.06. The Morgan fingerprint density at radius 3 is 3.00 bits per heavy atom. The van der Waals surface area contributed by atoms with E-state index in [9.17, 15) is 9.59 Å². The van der Waals surface area contributed by atoms with Crippen molar-refractivity contribution in [3.8, 4) is 0 Å². The van der Waals surface area contributed by atoms with Crippen LogP contribution >= 0.6 is 11.3 Å². The van der Waals surface area contributed by atoms with E-state index in [-0.39, 0.29) is 17.9 Å². The molecule has 2 aromatic heterocycles. The Kier molecular flexibility index (Phi) is 5.34. The number of hydrogen-bond donors (Lipinski definition) is 0. The van der Waals surface area contributed by atoms with Gasteiger partial charge >= 0.3 is 0 Å². The van der Waals surface area contributed by atoms with Gasteiger partial charge in [-0.2, -0.15) is 0 Å². The van der Waals surface area contributed by atoms with Crippen LogP contribution in [-0.4, -0.2) is 45.7 Å². The molecule has 0 N–H and O–H groups in total. The second-order valence-electron chi connectivity index (χ2n) is 7.17. The molecule has 27 heavy (non-hydrogen) atoms. The Morgan fingerprint density at radius 2 is 2.22 bits per heavy atom. The van der Waals surface area contributed by atoms with Crippen LogP contribution in [0.1, 0.15) is 29.7 Å². The van der Waals surface area contributed by atoms with Crippen LogP contribution in [0, 0.1) is 5.92 Å². The van der Waals surface area contributed by atoms with Crippen molar-refractivity contribution >= 4 is 29.2 Å². The lowest BCUT2D eigenvalue weighted by molar-refractivity contribution is -0.143. The van der Waals surface area contributed by atoms with E-state index >= 15 is 0 Å². The third-order valence-electron chi connectivity index (χ3n) is 5.46. The maximum atomic E-state index is 12.6. The van der Waals surface area contributed by atoms with Crippen LogP contribution in [-0.2, 0) is 16.1 Å². The Labute approximate surface area is 163 Å². The highest BCUT2D eigenvalue weighted by Crippen LogP contribution is 2.32. The minimum absolute atomic E-state index is 0.0672. The standard InChI is InChI=1S/C21H23N3O2S/c25-20(8-6-18-4-2-12-27-18)23-11-9-19-17(15-23)5-7-21(26)24(19)14-16-3-1-10-22-13-16/h1-4,6,8,10,12-13,17,19H,5,7,9,11,14-15H2/b8-6+/t17-,19+/m1/s1. The number of hydrogen-bond acceptors (Lipinski definition) is 4. The van der Waals surface area contributed by atoms with Crippen LogP contribution in [0.15, 0.2) is 48.1 Å². The molecule has 0 bridgehead atoms. The Balaban J connectivity index is 1.41. The number of rotatable bonds is 4. The lowest BCUT2D eigenvalue weighted by Crippen LogP contribution is -2.56. The van der Waals surface area contributed by atoms with Crippen molar-refractivity contribution in [2.45, 2.75) is 31.8 Å². The number of amides is 2. The number of aromatic nitrogens is 1. The van der Waals surface area contributed by atoms with Gasteiger partial charge in [0, 0.05) is 55.4 Å². The number of nitrogens with zero attached hydrogens (tertiary/aromatic N) is 3. The van der Waals surface area contributed by atoms with E-state index in [0.717, 1.165) is 29.8 Å². The van der Waals surface area contributed by atoms with Crippen LogP contribution in [0.2, 0.25) is 0 Å². The summed E-state index contributed by atoms with van der Waals surface area (Å²) in [6, 6.07) is 8.12. The Morgan fingerprint density at radius 1 is 1.30 bits per heavy atom. The van der Waals surface area contributed by atoms with Crippen LogP contribution in [0.5, 0.6) is 0 Å². The molecule has 2 aromatic rings. The van der Waals surface area contributed by atoms with Crippen molar-refractivity contribution in [2.24, 2.45) is 5.92 Å². The second-order valence-corrected chi connectivity index (χ2v) is 8.15. The van der Waals surface area contributed by atoms with E-state index < -0.39 is 0 Å². The van der Waals surface area contributed by atoms with E-state index in [2.05, 4.69) is 4.98 Å². The second kappa shape index (κ2) is 8.05. The molecule has 0 aliphatic carbocycles. The smallest absolute Gasteiger partial charge is 0.246 e. The molecule has 4 rings (SSSR count). The first-order chi connectivity index (χ1) is 13.2. The van der Waals surface area contributed by atoms with Gasteiger partial charge < -0.3 is 9.80 Å². The number of piperidine rings is 2. The Bertz CT molecular complexity index is 819. The maximum absolute atomic E-state index is 12.6. The highest BCUT2D eigenvalue weighted by Gasteiger charge is 2.39.